The number of hydrogen-bond acceptors (Lipinski definition) is 7. The predicted molar refractivity (Wildman–Crippen MR) is 126 cm³/mol. The number of pyridine rings is 2. The first-order valence-electron chi connectivity index (χ1n) is 10.9. The van der Waals surface area contributed by atoms with Crippen molar-refractivity contribution in [2.75, 3.05) is 31.4 Å². The van der Waals surface area contributed by atoms with Gasteiger partial charge in [-0.05, 0) is 51.2 Å². The van der Waals surface area contributed by atoms with E-state index in [2.05, 4.69) is 46.3 Å². The summed E-state index contributed by atoms with van der Waals surface area (Å²) >= 11 is 0. The van der Waals surface area contributed by atoms with Crippen molar-refractivity contribution in [2.24, 2.45) is 5.73 Å². The number of nitrogens with two attached hydrogens (primary N) is 1. The van der Waals surface area contributed by atoms with Gasteiger partial charge in [-0.15, -0.1) is 0 Å². The monoisotopic (exact) mass is 434 g/mol. The Hall–Kier alpha value is -3.46. The summed E-state index contributed by atoms with van der Waals surface area (Å²) in [6.07, 6.45) is 11.7. The Balaban J connectivity index is 1.64. The van der Waals surface area contributed by atoms with Crippen LogP contribution in [0.2, 0.25) is 0 Å². The highest BCUT2D eigenvalue weighted by Crippen LogP contribution is 2.30. The fourth-order valence-corrected chi connectivity index (χ4v) is 4.43. The first kappa shape index (κ1) is 21.8. The van der Waals surface area contributed by atoms with Crippen molar-refractivity contribution in [1.29, 1.82) is 0 Å². The molecule has 1 saturated carbocycles. The van der Waals surface area contributed by atoms with Crippen LogP contribution < -0.4 is 16.0 Å². The molecule has 3 aromatic heterocycles. The summed E-state index contributed by atoms with van der Waals surface area (Å²) in [6.45, 7) is 0. The summed E-state index contributed by atoms with van der Waals surface area (Å²) in [5.41, 5.74) is 7.46. The number of likely N-dealkylation sites (N-methyl/N-ethyl adjacent to an activating group) is 2. The summed E-state index contributed by atoms with van der Waals surface area (Å²) in [5, 5.41) is 7.47. The smallest absolute Gasteiger partial charge is 0.252 e. The summed E-state index contributed by atoms with van der Waals surface area (Å²) in [5.74, 6) is 0.681. The summed E-state index contributed by atoms with van der Waals surface area (Å²) in [6, 6.07) is 8.15. The Kier molecular flexibility index (Phi) is 6.36. The SMILES string of the molecule is CN(C)C1CCCCC1N(C)c1ccc(C(N)=O)c(Nc2cncc(-n3cccn3)c2)n1. The number of primary amides is 1. The molecule has 9 nitrogen and oxygen atoms in total. The molecular weight excluding hydrogens is 404 g/mol. The Bertz CT molecular complexity index is 1070. The first-order chi connectivity index (χ1) is 15.4. The summed E-state index contributed by atoms with van der Waals surface area (Å²) < 4.78 is 1.72. The molecule has 168 valence electrons. The van der Waals surface area contributed by atoms with Crippen LogP contribution in [0.5, 0.6) is 0 Å². The standard InChI is InChI=1S/C23H30N8O/c1-29(2)19-7-4-5-8-20(19)30(3)21-10-9-18(22(24)32)23(28-21)27-16-13-17(15-25-14-16)31-12-6-11-26-31/h6,9-15,19-20H,4-5,7-8H2,1-3H3,(H2,24,32)(H,27,28). The molecule has 1 aliphatic rings. The molecular formula is C23H30N8O. The van der Waals surface area contributed by atoms with E-state index in [1.165, 1.54) is 19.3 Å². The van der Waals surface area contributed by atoms with Crippen molar-refractivity contribution in [2.45, 2.75) is 37.8 Å². The number of amides is 1. The van der Waals surface area contributed by atoms with E-state index < -0.39 is 5.91 Å². The maximum absolute atomic E-state index is 12.1. The topological polar surface area (TPSA) is 105 Å². The van der Waals surface area contributed by atoms with Crippen LogP contribution in [0.1, 0.15) is 36.0 Å². The van der Waals surface area contributed by atoms with Crippen LogP contribution in [0.25, 0.3) is 5.69 Å². The van der Waals surface area contributed by atoms with Gasteiger partial charge in [0.25, 0.3) is 5.91 Å². The van der Waals surface area contributed by atoms with Crippen molar-refractivity contribution in [3.8, 4) is 5.69 Å². The first-order valence-corrected chi connectivity index (χ1v) is 10.9. The van der Waals surface area contributed by atoms with E-state index in [4.69, 9.17) is 10.7 Å². The third-order valence-corrected chi connectivity index (χ3v) is 6.12. The number of carbonyl (C=O) groups excluding carboxylic acids is 1. The molecule has 0 aromatic carbocycles. The Morgan fingerprint density at radius 2 is 1.94 bits per heavy atom. The molecule has 2 unspecified atom stereocenters. The number of anilines is 3. The molecule has 3 N–H and O–H groups in total. The minimum absolute atomic E-state index is 0.333. The van der Waals surface area contributed by atoms with E-state index in [0.717, 1.165) is 17.9 Å². The number of nitrogens with zero attached hydrogens (tertiary/aromatic N) is 6. The molecule has 2 atom stereocenters. The highest BCUT2D eigenvalue weighted by molar-refractivity contribution is 5.98. The molecule has 9 heteroatoms. The van der Waals surface area contributed by atoms with Crippen molar-refractivity contribution in [3.05, 3.63) is 54.6 Å². The third-order valence-electron chi connectivity index (χ3n) is 6.12. The van der Waals surface area contributed by atoms with Crippen LogP contribution >= 0.6 is 0 Å². The summed E-state index contributed by atoms with van der Waals surface area (Å²) in [7, 11) is 6.34. The normalized spacial score (nSPS) is 18.5. The van der Waals surface area contributed by atoms with Gasteiger partial charge >= 0.3 is 0 Å². The van der Waals surface area contributed by atoms with Crippen LogP contribution in [-0.4, -0.2) is 63.8 Å². The number of hydrogen-bond donors (Lipinski definition) is 2. The Morgan fingerprint density at radius 3 is 2.62 bits per heavy atom. The van der Waals surface area contributed by atoms with E-state index in [-0.39, 0.29) is 0 Å². The van der Waals surface area contributed by atoms with Crippen molar-refractivity contribution < 1.29 is 4.79 Å². The van der Waals surface area contributed by atoms with Gasteiger partial charge in [-0.1, -0.05) is 12.8 Å². The molecule has 32 heavy (non-hydrogen) atoms. The largest absolute Gasteiger partial charge is 0.365 e. The van der Waals surface area contributed by atoms with Gasteiger partial charge in [-0.3, -0.25) is 9.78 Å². The van der Waals surface area contributed by atoms with E-state index in [1.54, 1.807) is 29.3 Å². The molecule has 0 saturated heterocycles. The number of rotatable bonds is 7. The molecule has 0 spiro atoms. The van der Waals surface area contributed by atoms with Crippen molar-refractivity contribution in [3.63, 3.8) is 0 Å². The van der Waals surface area contributed by atoms with Gasteiger partial charge in [-0.2, -0.15) is 5.10 Å². The minimum atomic E-state index is -0.533. The van der Waals surface area contributed by atoms with Crippen LogP contribution in [-0.2, 0) is 0 Å². The van der Waals surface area contributed by atoms with Gasteiger partial charge in [0.05, 0.1) is 29.3 Å². The van der Waals surface area contributed by atoms with Crippen LogP contribution in [0.15, 0.2) is 49.1 Å². The average molecular weight is 435 g/mol. The maximum Gasteiger partial charge on any atom is 0.252 e. The van der Waals surface area contributed by atoms with Gasteiger partial charge in [0.1, 0.15) is 11.6 Å². The lowest BCUT2D eigenvalue weighted by Gasteiger charge is -2.41. The molecule has 1 fully saturated rings. The zero-order chi connectivity index (χ0) is 22.7. The highest BCUT2D eigenvalue weighted by atomic mass is 16.1. The molecule has 0 bridgehead atoms. The zero-order valence-electron chi connectivity index (χ0n) is 18.8. The molecule has 1 aliphatic carbocycles. The quantitative estimate of drug-likeness (QED) is 0.589. The lowest BCUT2D eigenvalue weighted by atomic mass is 9.88. The van der Waals surface area contributed by atoms with Gasteiger partial charge in [0, 0.05) is 31.5 Å². The molecule has 1 amide bonds. The summed E-state index contributed by atoms with van der Waals surface area (Å²) in [4.78, 5) is 25.7. The highest BCUT2D eigenvalue weighted by Gasteiger charge is 2.30. The lowest BCUT2D eigenvalue weighted by molar-refractivity contribution is 0.100. The van der Waals surface area contributed by atoms with E-state index in [1.807, 2.05) is 24.4 Å². The van der Waals surface area contributed by atoms with Gasteiger partial charge < -0.3 is 20.9 Å². The minimum Gasteiger partial charge on any atom is -0.365 e. The fourth-order valence-electron chi connectivity index (χ4n) is 4.43. The van der Waals surface area contributed by atoms with E-state index >= 15 is 0 Å². The molecule has 3 aromatic rings. The molecule has 3 heterocycles. The molecule has 0 radical (unpaired) electrons. The molecule has 0 aliphatic heterocycles. The van der Waals surface area contributed by atoms with Crippen LogP contribution in [0.4, 0.5) is 17.3 Å². The fraction of sp³-hybridized carbons (Fsp3) is 0.391. The zero-order valence-corrected chi connectivity index (χ0v) is 18.8. The van der Waals surface area contributed by atoms with E-state index in [9.17, 15) is 4.79 Å². The lowest BCUT2D eigenvalue weighted by Crippen LogP contribution is -2.50. The van der Waals surface area contributed by atoms with Gasteiger partial charge in [-0.25, -0.2) is 9.67 Å². The van der Waals surface area contributed by atoms with Crippen molar-refractivity contribution >= 4 is 23.2 Å². The Labute approximate surface area is 188 Å². The second kappa shape index (κ2) is 9.35. The second-order valence-corrected chi connectivity index (χ2v) is 8.43. The molecule has 4 rings (SSSR count). The van der Waals surface area contributed by atoms with E-state index in [0.29, 0.717) is 29.2 Å². The number of nitrogens with one attached hydrogen (secondary N) is 1. The van der Waals surface area contributed by atoms with Crippen LogP contribution in [0.3, 0.4) is 0 Å². The third kappa shape index (κ3) is 4.57. The number of carbonyl (C=O) groups is 1. The Morgan fingerprint density at radius 1 is 1.16 bits per heavy atom. The van der Waals surface area contributed by atoms with Gasteiger partial charge in [0.15, 0.2) is 0 Å². The van der Waals surface area contributed by atoms with Crippen molar-refractivity contribution in [1.82, 2.24) is 24.6 Å². The number of aromatic nitrogens is 4. The van der Waals surface area contributed by atoms with Gasteiger partial charge in [0.2, 0.25) is 0 Å². The maximum atomic E-state index is 12.1. The predicted octanol–water partition coefficient (Wildman–Crippen LogP) is 2.81. The second-order valence-electron chi connectivity index (χ2n) is 8.43. The average Bonchev–Trinajstić information content (AvgIpc) is 3.33. The van der Waals surface area contributed by atoms with Crippen LogP contribution in [0, 0.1) is 0 Å².